The number of hydrogen-bond acceptors (Lipinski definition) is 2. The van der Waals surface area contributed by atoms with Gasteiger partial charge in [-0.1, -0.05) is 24.3 Å². The maximum absolute atomic E-state index is 13.8. The van der Waals surface area contributed by atoms with Gasteiger partial charge in [0.25, 0.3) is 0 Å². The summed E-state index contributed by atoms with van der Waals surface area (Å²) in [6, 6.07) is 8.27. The van der Waals surface area contributed by atoms with E-state index in [-0.39, 0.29) is 0 Å². The molecule has 1 heterocycles. The van der Waals surface area contributed by atoms with Gasteiger partial charge in [0.05, 0.1) is 0 Å². The van der Waals surface area contributed by atoms with Crippen LogP contribution in [-0.4, -0.2) is 43.3 Å². The molecule has 0 saturated carbocycles. The second-order valence-corrected chi connectivity index (χ2v) is 6.01. The Morgan fingerprint density at radius 3 is 2.42 bits per heavy atom. The first-order valence-corrected chi connectivity index (χ1v) is 7.23. The summed E-state index contributed by atoms with van der Waals surface area (Å²) in [6.45, 7) is 8.79. The fourth-order valence-corrected chi connectivity index (χ4v) is 2.64. The number of alkyl halides is 1. The first-order chi connectivity index (χ1) is 9.04. The van der Waals surface area contributed by atoms with Crippen molar-refractivity contribution >= 4 is 0 Å². The molecular weight excluding hydrogens is 239 g/mol. The van der Waals surface area contributed by atoms with Crippen molar-refractivity contribution in [1.82, 2.24) is 10.2 Å². The van der Waals surface area contributed by atoms with E-state index >= 15 is 0 Å². The van der Waals surface area contributed by atoms with Crippen molar-refractivity contribution < 1.29 is 4.39 Å². The molecular formula is C16H25FN2. The SMILES string of the molecule is CC(C)(F)Cc1ccccc1CCN1CCNCC1. The fraction of sp³-hybridized carbons (Fsp3) is 0.625. The summed E-state index contributed by atoms with van der Waals surface area (Å²) in [5.41, 5.74) is 1.32. The Bertz CT molecular complexity index is 392. The van der Waals surface area contributed by atoms with Gasteiger partial charge in [0, 0.05) is 39.1 Å². The minimum Gasteiger partial charge on any atom is -0.314 e. The highest BCUT2D eigenvalue weighted by Crippen LogP contribution is 2.20. The third-order valence-electron chi connectivity index (χ3n) is 3.64. The first-order valence-electron chi connectivity index (χ1n) is 7.23. The van der Waals surface area contributed by atoms with E-state index in [1.54, 1.807) is 13.8 Å². The highest BCUT2D eigenvalue weighted by molar-refractivity contribution is 5.28. The van der Waals surface area contributed by atoms with Gasteiger partial charge in [-0.15, -0.1) is 0 Å². The van der Waals surface area contributed by atoms with Crippen molar-refractivity contribution in [2.75, 3.05) is 32.7 Å². The zero-order chi connectivity index (χ0) is 13.7. The smallest absolute Gasteiger partial charge is 0.109 e. The second kappa shape index (κ2) is 6.49. The van der Waals surface area contributed by atoms with Crippen LogP contribution in [-0.2, 0) is 12.8 Å². The molecule has 2 rings (SSSR count). The normalized spacial score (nSPS) is 17.6. The van der Waals surface area contributed by atoms with Crippen molar-refractivity contribution in [3.63, 3.8) is 0 Å². The lowest BCUT2D eigenvalue weighted by Crippen LogP contribution is -2.44. The standard InChI is InChI=1S/C16H25FN2/c1-16(2,17)13-15-6-4-3-5-14(15)7-10-19-11-8-18-9-12-19/h3-6,18H,7-13H2,1-2H3. The Kier molecular flexibility index (Phi) is 4.94. The summed E-state index contributed by atoms with van der Waals surface area (Å²) in [5, 5.41) is 3.36. The van der Waals surface area contributed by atoms with Crippen LogP contribution in [0.15, 0.2) is 24.3 Å². The summed E-state index contributed by atoms with van der Waals surface area (Å²) in [5.74, 6) is 0. The number of rotatable bonds is 5. The molecule has 0 atom stereocenters. The summed E-state index contributed by atoms with van der Waals surface area (Å²) in [4.78, 5) is 2.48. The topological polar surface area (TPSA) is 15.3 Å². The number of piperazine rings is 1. The highest BCUT2D eigenvalue weighted by atomic mass is 19.1. The van der Waals surface area contributed by atoms with Crippen LogP contribution in [0, 0.1) is 0 Å². The molecule has 2 nitrogen and oxygen atoms in total. The molecule has 0 amide bonds. The number of nitrogens with one attached hydrogen (secondary N) is 1. The van der Waals surface area contributed by atoms with Gasteiger partial charge in [-0.05, 0) is 31.4 Å². The number of nitrogens with zero attached hydrogens (tertiary/aromatic N) is 1. The van der Waals surface area contributed by atoms with E-state index in [9.17, 15) is 4.39 Å². The van der Waals surface area contributed by atoms with Crippen molar-refractivity contribution in [1.29, 1.82) is 0 Å². The number of halogens is 1. The first kappa shape index (κ1) is 14.5. The molecule has 1 aliphatic heterocycles. The van der Waals surface area contributed by atoms with Crippen molar-refractivity contribution in [3.05, 3.63) is 35.4 Å². The molecule has 3 heteroatoms. The highest BCUT2D eigenvalue weighted by Gasteiger charge is 2.18. The van der Waals surface area contributed by atoms with E-state index in [2.05, 4.69) is 28.4 Å². The Labute approximate surface area is 116 Å². The third-order valence-corrected chi connectivity index (χ3v) is 3.64. The average molecular weight is 264 g/mol. The predicted molar refractivity (Wildman–Crippen MR) is 78.3 cm³/mol. The molecule has 1 saturated heterocycles. The molecule has 0 unspecified atom stereocenters. The molecule has 0 radical (unpaired) electrons. The van der Waals surface area contributed by atoms with E-state index < -0.39 is 5.67 Å². The van der Waals surface area contributed by atoms with Crippen LogP contribution in [0.1, 0.15) is 25.0 Å². The van der Waals surface area contributed by atoms with Gasteiger partial charge in [0.15, 0.2) is 0 Å². The Balaban J connectivity index is 1.95. The van der Waals surface area contributed by atoms with E-state index in [0.29, 0.717) is 6.42 Å². The minimum absolute atomic E-state index is 0.505. The Hall–Kier alpha value is -0.930. The van der Waals surface area contributed by atoms with E-state index in [0.717, 1.165) is 44.7 Å². The molecule has 106 valence electrons. The molecule has 1 fully saturated rings. The van der Waals surface area contributed by atoms with Gasteiger partial charge < -0.3 is 10.2 Å². The Morgan fingerprint density at radius 2 is 1.79 bits per heavy atom. The van der Waals surface area contributed by atoms with Crippen LogP contribution in [0.25, 0.3) is 0 Å². The fourth-order valence-electron chi connectivity index (χ4n) is 2.64. The van der Waals surface area contributed by atoms with Crippen LogP contribution in [0.2, 0.25) is 0 Å². The predicted octanol–water partition coefficient (Wildman–Crippen LogP) is 2.42. The molecule has 1 aromatic carbocycles. The Morgan fingerprint density at radius 1 is 1.16 bits per heavy atom. The zero-order valence-electron chi connectivity index (χ0n) is 12.1. The lowest BCUT2D eigenvalue weighted by Gasteiger charge is -2.27. The molecule has 0 aliphatic carbocycles. The zero-order valence-corrected chi connectivity index (χ0v) is 12.1. The summed E-state index contributed by atoms with van der Waals surface area (Å²) in [7, 11) is 0. The molecule has 0 spiro atoms. The van der Waals surface area contributed by atoms with E-state index in [4.69, 9.17) is 0 Å². The van der Waals surface area contributed by atoms with Crippen molar-refractivity contribution in [2.45, 2.75) is 32.4 Å². The van der Waals surface area contributed by atoms with Gasteiger partial charge in [-0.2, -0.15) is 0 Å². The molecule has 1 aliphatic rings. The van der Waals surface area contributed by atoms with E-state index in [1.807, 2.05) is 6.07 Å². The van der Waals surface area contributed by atoms with Crippen molar-refractivity contribution in [2.24, 2.45) is 0 Å². The van der Waals surface area contributed by atoms with Gasteiger partial charge in [-0.25, -0.2) is 4.39 Å². The summed E-state index contributed by atoms with van der Waals surface area (Å²) in [6.07, 6.45) is 1.52. The molecule has 0 aromatic heterocycles. The average Bonchev–Trinajstić information content (AvgIpc) is 2.37. The lowest BCUT2D eigenvalue weighted by molar-refractivity contribution is 0.216. The third kappa shape index (κ3) is 4.92. The quantitative estimate of drug-likeness (QED) is 0.878. The van der Waals surface area contributed by atoms with Crippen LogP contribution in [0.5, 0.6) is 0 Å². The van der Waals surface area contributed by atoms with E-state index in [1.165, 1.54) is 5.56 Å². The second-order valence-electron chi connectivity index (χ2n) is 6.01. The molecule has 1 aromatic rings. The molecule has 0 bridgehead atoms. The van der Waals surface area contributed by atoms with Crippen molar-refractivity contribution in [3.8, 4) is 0 Å². The lowest BCUT2D eigenvalue weighted by atomic mass is 9.94. The van der Waals surface area contributed by atoms with Crippen LogP contribution in [0.4, 0.5) is 4.39 Å². The van der Waals surface area contributed by atoms with Gasteiger partial charge in [0.1, 0.15) is 5.67 Å². The van der Waals surface area contributed by atoms with Gasteiger partial charge in [-0.3, -0.25) is 0 Å². The maximum Gasteiger partial charge on any atom is 0.109 e. The van der Waals surface area contributed by atoms with Crippen LogP contribution < -0.4 is 5.32 Å². The number of hydrogen-bond donors (Lipinski definition) is 1. The van der Waals surface area contributed by atoms with Gasteiger partial charge in [0.2, 0.25) is 0 Å². The monoisotopic (exact) mass is 264 g/mol. The number of benzene rings is 1. The minimum atomic E-state index is -1.13. The van der Waals surface area contributed by atoms with Gasteiger partial charge >= 0.3 is 0 Å². The maximum atomic E-state index is 13.8. The largest absolute Gasteiger partial charge is 0.314 e. The molecule has 1 N–H and O–H groups in total. The summed E-state index contributed by atoms with van der Waals surface area (Å²) < 4.78 is 13.8. The summed E-state index contributed by atoms with van der Waals surface area (Å²) >= 11 is 0. The molecule has 19 heavy (non-hydrogen) atoms. The van der Waals surface area contributed by atoms with Crippen LogP contribution >= 0.6 is 0 Å². The van der Waals surface area contributed by atoms with Crippen LogP contribution in [0.3, 0.4) is 0 Å².